The van der Waals surface area contributed by atoms with Gasteiger partial charge in [0, 0.05) is 19.3 Å². The first-order valence-electron chi connectivity index (χ1n) is 10.1. The summed E-state index contributed by atoms with van der Waals surface area (Å²) in [4.78, 5) is 81.6. The maximum atomic E-state index is 12.7. The fraction of sp³-hybridized carbons (Fsp3) is 0.611. The average Bonchev–Trinajstić information content (AvgIpc) is 2.74. The highest BCUT2D eigenvalue weighted by Gasteiger charge is 2.30. The molecule has 0 aliphatic carbocycles. The molecule has 0 fully saturated rings. The lowest BCUT2D eigenvalue weighted by Crippen LogP contribution is -2.57. The summed E-state index contributed by atoms with van der Waals surface area (Å²) in [6.45, 7) is -0.759. The van der Waals surface area contributed by atoms with Crippen LogP contribution in [-0.2, 0) is 33.6 Å². The van der Waals surface area contributed by atoms with Crippen molar-refractivity contribution in [2.45, 2.75) is 62.7 Å². The van der Waals surface area contributed by atoms with Crippen molar-refractivity contribution in [1.82, 2.24) is 16.0 Å². The van der Waals surface area contributed by atoms with Gasteiger partial charge in [-0.25, -0.2) is 4.79 Å². The number of carbonyl (C=O) groups is 7. The van der Waals surface area contributed by atoms with Crippen molar-refractivity contribution >= 4 is 41.5 Å². The number of hydrogen-bond acceptors (Lipinski definition) is 9. The topological polar surface area (TPSA) is 294 Å². The van der Waals surface area contributed by atoms with Crippen molar-refractivity contribution in [3.63, 3.8) is 0 Å². The third-order valence-corrected chi connectivity index (χ3v) is 4.42. The molecule has 0 spiro atoms. The van der Waals surface area contributed by atoms with Gasteiger partial charge in [-0.3, -0.25) is 28.8 Å². The first kappa shape index (κ1) is 30.2. The quantitative estimate of drug-likeness (QED) is 0.0932. The Morgan fingerprint density at radius 2 is 1.03 bits per heavy atom. The third kappa shape index (κ3) is 12.3. The number of amides is 5. The van der Waals surface area contributed by atoms with Gasteiger partial charge in [0.15, 0.2) is 0 Å². The molecule has 0 rings (SSSR count). The monoisotopic (exact) mass is 490 g/mol. The molecule has 0 aromatic carbocycles. The third-order valence-electron chi connectivity index (χ3n) is 4.42. The number of aliphatic hydroxyl groups is 1. The van der Waals surface area contributed by atoms with E-state index >= 15 is 0 Å². The standard InChI is InChI=1S/C18H30N6O10/c19-8(7-25)15(30)22-10(3-6-14(28)29)16(31)23-9(1-4-12(20)26)17(32)24-11(18(33)34)2-5-13(21)27/h8-11,25H,1-7,19H2,(H2,20,26)(H2,21,27)(H,22,30)(H,23,31)(H,24,32)(H,28,29)(H,33,34). The van der Waals surface area contributed by atoms with E-state index in [0.29, 0.717) is 0 Å². The molecule has 12 N–H and O–H groups in total. The van der Waals surface area contributed by atoms with Crippen LogP contribution in [0.25, 0.3) is 0 Å². The number of hydrogen-bond donors (Lipinski definition) is 9. The van der Waals surface area contributed by atoms with Crippen LogP contribution in [0.5, 0.6) is 0 Å². The molecule has 0 saturated carbocycles. The van der Waals surface area contributed by atoms with Crippen molar-refractivity contribution in [2.24, 2.45) is 17.2 Å². The van der Waals surface area contributed by atoms with Crippen LogP contribution in [0.15, 0.2) is 0 Å². The summed E-state index contributed by atoms with van der Waals surface area (Å²) in [6, 6.07) is -5.95. The zero-order valence-corrected chi connectivity index (χ0v) is 18.2. The predicted molar refractivity (Wildman–Crippen MR) is 112 cm³/mol. The lowest BCUT2D eigenvalue weighted by Gasteiger charge is -2.24. The molecule has 192 valence electrons. The Bertz CT molecular complexity index is 789. The molecular weight excluding hydrogens is 460 g/mol. The van der Waals surface area contributed by atoms with E-state index in [2.05, 4.69) is 16.0 Å². The molecule has 4 atom stereocenters. The minimum atomic E-state index is -1.54. The molecule has 0 saturated heterocycles. The van der Waals surface area contributed by atoms with Crippen molar-refractivity contribution < 1.29 is 48.9 Å². The van der Waals surface area contributed by atoms with Crippen LogP contribution in [-0.4, -0.2) is 87.6 Å². The molecule has 16 nitrogen and oxygen atoms in total. The van der Waals surface area contributed by atoms with E-state index in [1.165, 1.54) is 0 Å². The van der Waals surface area contributed by atoms with E-state index in [1.807, 2.05) is 0 Å². The number of nitrogens with two attached hydrogens (primary N) is 3. The summed E-state index contributed by atoms with van der Waals surface area (Å²) in [6.07, 6.45) is -2.42. The molecule has 16 heteroatoms. The van der Waals surface area contributed by atoms with Gasteiger partial charge >= 0.3 is 11.9 Å². The van der Waals surface area contributed by atoms with E-state index < -0.39 is 85.1 Å². The fourth-order valence-electron chi connectivity index (χ4n) is 2.54. The Morgan fingerprint density at radius 1 is 0.647 bits per heavy atom. The van der Waals surface area contributed by atoms with Gasteiger partial charge in [-0.05, 0) is 19.3 Å². The van der Waals surface area contributed by atoms with Gasteiger partial charge in [0.25, 0.3) is 0 Å². The fourth-order valence-corrected chi connectivity index (χ4v) is 2.54. The largest absolute Gasteiger partial charge is 0.481 e. The van der Waals surface area contributed by atoms with Gasteiger partial charge in [-0.2, -0.15) is 0 Å². The second-order valence-corrected chi connectivity index (χ2v) is 7.25. The number of aliphatic hydroxyl groups excluding tert-OH is 1. The molecule has 0 aliphatic rings. The molecule has 34 heavy (non-hydrogen) atoms. The lowest BCUT2D eigenvalue weighted by atomic mass is 10.1. The van der Waals surface area contributed by atoms with Crippen LogP contribution in [0, 0.1) is 0 Å². The molecule has 0 radical (unpaired) electrons. The summed E-state index contributed by atoms with van der Waals surface area (Å²) in [5, 5.41) is 33.6. The smallest absolute Gasteiger partial charge is 0.326 e. The second-order valence-electron chi connectivity index (χ2n) is 7.25. The van der Waals surface area contributed by atoms with Crippen molar-refractivity contribution in [3.8, 4) is 0 Å². The predicted octanol–water partition coefficient (Wildman–Crippen LogP) is -4.76. The summed E-state index contributed by atoms with van der Waals surface area (Å²) in [5.41, 5.74) is 15.4. The van der Waals surface area contributed by atoms with E-state index in [0.717, 1.165) is 0 Å². The molecular formula is C18H30N6O10. The second kappa shape index (κ2) is 15.1. The minimum absolute atomic E-state index is 0.344. The van der Waals surface area contributed by atoms with Crippen LogP contribution in [0.1, 0.15) is 38.5 Å². The summed E-state index contributed by atoms with van der Waals surface area (Å²) in [7, 11) is 0. The van der Waals surface area contributed by atoms with Gasteiger partial charge in [0.1, 0.15) is 24.2 Å². The van der Waals surface area contributed by atoms with Crippen LogP contribution in [0.2, 0.25) is 0 Å². The number of nitrogens with one attached hydrogen (secondary N) is 3. The van der Waals surface area contributed by atoms with Crippen LogP contribution in [0.3, 0.4) is 0 Å². The molecule has 4 unspecified atom stereocenters. The maximum Gasteiger partial charge on any atom is 0.326 e. The summed E-state index contributed by atoms with van der Waals surface area (Å²) in [5.74, 6) is -7.46. The first-order chi connectivity index (χ1) is 15.8. The Hall–Kier alpha value is -3.79. The number of carboxylic acid groups (broad SMARTS) is 2. The number of aliphatic carboxylic acids is 2. The van der Waals surface area contributed by atoms with Crippen LogP contribution >= 0.6 is 0 Å². The van der Waals surface area contributed by atoms with Gasteiger partial charge in [0.2, 0.25) is 29.5 Å². The number of carboxylic acids is 2. The highest BCUT2D eigenvalue weighted by Crippen LogP contribution is 2.05. The Kier molecular flexibility index (Phi) is 13.4. The zero-order valence-electron chi connectivity index (χ0n) is 18.2. The molecule has 0 aromatic heterocycles. The lowest BCUT2D eigenvalue weighted by molar-refractivity contribution is -0.142. The van der Waals surface area contributed by atoms with Gasteiger partial charge < -0.3 is 48.5 Å². The zero-order chi connectivity index (χ0) is 26.4. The van der Waals surface area contributed by atoms with E-state index in [4.69, 9.17) is 27.4 Å². The van der Waals surface area contributed by atoms with Crippen LogP contribution in [0.4, 0.5) is 0 Å². The normalized spacial score (nSPS) is 14.1. The SMILES string of the molecule is NC(=O)CCC(NC(=O)C(CCC(N)=O)NC(=O)C(CCC(=O)O)NC(=O)C(N)CO)C(=O)O. The van der Waals surface area contributed by atoms with Crippen molar-refractivity contribution in [1.29, 1.82) is 0 Å². The van der Waals surface area contributed by atoms with E-state index in [9.17, 15) is 38.7 Å². The molecule has 0 aliphatic heterocycles. The Labute approximate surface area is 193 Å². The van der Waals surface area contributed by atoms with Crippen molar-refractivity contribution in [3.05, 3.63) is 0 Å². The maximum absolute atomic E-state index is 12.7. The van der Waals surface area contributed by atoms with E-state index in [1.54, 1.807) is 0 Å². The molecule has 5 amide bonds. The van der Waals surface area contributed by atoms with Crippen LogP contribution < -0.4 is 33.2 Å². The Morgan fingerprint density at radius 3 is 1.41 bits per heavy atom. The number of primary amides is 2. The van der Waals surface area contributed by atoms with Gasteiger partial charge in [0.05, 0.1) is 6.61 Å². The summed E-state index contributed by atoms with van der Waals surface area (Å²) >= 11 is 0. The first-order valence-corrected chi connectivity index (χ1v) is 10.1. The number of rotatable bonds is 17. The molecule has 0 aromatic rings. The summed E-state index contributed by atoms with van der Waals surface area (Å²) < 4.78 is 0. The number of carbonyl (C=O) groups excluding carboxylic acids is 5. The molecule has 0 heterocycles. The Balaban J connectivity index is 5.59. The molecule has 0 bridgehead atoms. The van der Waals surface area contributed by atoms with Gasteiger partial charge in [-0.15, -0.1) is 0 Å². The van der Waals surface area contributed by atoms with E-state index in [-0.39, 0.29) is 25.7 Å². The van der Waals surface area contributed by atoms with Gasteiger partial charge in [-0.1, -0.05) is 0 Å². The highest BCUT2D eigenvalue weighted by molar-refractivity contribution is 5.94. The van der Waals surface area contributed by atoms with Crippen molar-refractivity contribution in [2.75, 3.05) is 6.61 Å². The minimum Gasteiger partial charge on any atom is -0.481 e. The average molecular weight is 490 g/mol. The highest BCUT2D eigenvalue weighted by atomic mass is 16.4.